The lowest BCUT2D eigenvalue weighted by molar-refractivity contribution is -0.119. The van der Waals surface area contributed by atoms with Gasteiger partial charge in [-0.25, -0.2) is 9.78 Å². The van der Waals surface area contributed by atoms with Crippen molar-refractivity contribution in [3.05, 3.63) is 52.7 Å². The molecule has 8 heteroatoms. The van der Waals surface area contributed by atoms with Gasteiger partial charge in [-0.15, -0.1) is 11.3 Å². The van der Waals surface area contributed by atoms with Gasteiger partial charge in [-0.1, -0.05) is 35.5 Å². The predicted octanol–water partition coefficient (Wildman–Crippen LogP) is 3.21. The molecule has 1 aromatic carbocycles. The Bertz CT molecular complexity index is 902. The van der Waals surface area contributed by atoms with E-state index in [0.29, 0.717) is 16.3 Å². The lowest BCUT2D eigenvalue weighted by Crippen LogP contribution is -2.21. The van der Waals surface area contributed by atoms with Gasteiger partial charge in [-0.05, 0) is 13.8 Å². The summed E-state index contributed by atoms with van der Waals surface area (Å²) in [6.07, 6.45) is 0. The Morgan fingerprint density at radius 1 is 1.24 bits per heavy atom. The summed E-state index contributed by atoms with van der Waals surface area (Å²) in [5.74, 6) is -0.226. The number of nitrogens with zero attached hydrogens (tertiary/aromatic N) is 2. The largest absolute Gasteiger partial charge is 0.451 e. The average molecular weight is 357 g/mol. The fourth-order valence-corrected chi connectivity index (χ4v) is 3.06. The van der Waals surface area contributed by atoms with E-state index in [1.54, 1.807) is 19.9 Å². The smallest absolute Gasteiger partial charge is 0.350 e. The van der Waals surface area contributed by atoms with Crippen LogP contribution in [-0.2, 0) is 9.53 Å². The summed E-state index contributed by atoms with van der Waals surface area (Å²) < 4.78 is 9.90. The topological polar surface area (TPSA) is 94.3 Å². The van der Waals surface area contributed by atoms with Gasteiger partial charge >= 0.3 is 5.97 Å². The fraction of sp³-hybridized carbons (Fsp3) is 0.176. The number of ether oxygens (including phenoxy) is 1. The number of aryl methyl sites for hydroxylation is 2. The standard InChI is InChI=1S/C17H15N3O4S/c1-10-8-13(20-24-10)19-14(21)9-23-17(22)15-11(2)18-16(25-15)12-6-4-3-5-7-12/h3-8H,9H2,1-2H3,(H,19,20,21). The molecule has 0 aliphatic heterocycles. The van der Waals surface area contributed by atoms with Crippen molar-refractivity contribution in [1.82, 2.24) is 10.1 Å². The zero-order valence-electron chi connectivity index (χ0n) is 13.6. The highest BCUT2D eigenvalue weighted by Gasteiger charge is 2.19. The number of aromatic nitrogens is 2. The van der Waals surface area contributed by atoms with Crippen LogP contribution in [-0.4, -0.2) is 28.6 Å². The number of amides is 1. The molecule has 1 N–H and O–H groups in total. The first kappa shape index (κ1) is 16.8. The van der Waals surface area contributed by atoms with Gasteiger partial charge in [0.25, 0.3) is 5.91 Å². The average Bonchev–Trinajstić information content (AvgIpc) is 3.19. The van der Waals surface area contributed by atoms with Crippen LogP contribution >= 0.6 is 11.3 Å². The minimum atomic E-state index is -0.580. The van der Waals surface area contributed by atoms with E-state index in [2.05, 4.69) is 15.5 Å². The predicted molar refractivity (Wildman–Crippen MR) is 92.4 cm³/mol. The Morgan fingerprint density at radius 3 is 2.68 bits per heavy atom. The highest BCUT2D eigenvalue weighted by atomic mass is 32.1. The van der Waals surface area contributed by atoms with Crippen LogP contribution in [0, 0.1) is 13.8 Å². The number of carbonyl (C=O) groups excluding carboxylic acids is 2. The van der Waals surface area contributed by atoms with Crippen molar-refractivity contribution in [3.8, 4) is 10.6 Å². The van der Waals surface area contributed by atoms with Gasteiger partial charge in [0.15, 0.2) is 12.4 Å². The Kier molecular flexibility index (Phi) is 4.90. The van der Waals surface area contributed by atoms with Crippen molar-refractivity contribution in [2.24, 2.45) is 0 Å². The van der Waals surface area contributed by atoms with E-state index in [-0.39, 0.29) is 5.82 Å². The van der Waals surface area contributed by atoms with E-state index < -0.39 is 18.5 Å². The summed E-state index contributed by atoms with van der Waals surface area (Å²) in [5, 5.41) is 6.85. The van der Waals surface area contributed by atoms with E-state index >= 15 is 0 Å². The van der Waals surface area contributed by atoms with E-state index in [9.17, 15) is 9.59 Å². The third kappa shape index (κ3) is 4.10. The molecule has 3 aromatic rings. The van der Waals surface area contributed by atoms with Crippen molar-refractivity contribution in [2.45, 2.75) is 13.8 Å². The maximum absolute atomic E-state index is 12.2. The lowest BCUT2D eigenvalue weighted by atomic mass is 10.2. The second kappa shape index (κ2) is 7.27. The molecule has 2 heterocycles. The summed E-state index contributed by atoms with van der Waals surface area (Å²) in [6, 6.07) is 11.1. The first-order valence-electron chi connectivity index (χ1n) is 7.46. The molecule has 0 spiro atoms. The molecular formula is C17H15N3O4S. The Hall–Kier alpha value is -3.00. The molecule has 0 atom stereocenters. The zero-order valence-corrected chi connectivity index (χ0v) is 14.4. The third-order valence-corrected chi connectivity index (χ3v) is 4.42. The molecule has 128 valence electrons. The Labute approximate surface area is 147 Å². The summed E-state index contributed by atoms with van der Waals surface area (Å²) in [6.45, 7) is 3.03. The summed E-state index contributed by atoms with van der Waals surface area (Å²) in [5.41, 5.74) is 1.50. The number of thiazole rings is 1. The van der Waals surface area contributed by atoms with Crippen LogP contribution in [0.4, 0.5) is 5.82 Å². The first-order chi connectivity index (χ1) is 12.0. The van der Waals surface area contributed by atoms with Crippen LogP contribution in [0.15, 0.2) is 40.9 Å². The normalized spacial score (nSPS) is 10.5. The van der Waals surface area contributed by atoms with Crippen molar-refractivity contribution in [2.75, 3.05) is 11.9 Å². The molecule has 0 saturated carbocycles. The molecule has 0 fully saturated rings. The van der Waals surface area contributed by atoms with Gasteiger partial charge in [0.2, 0.25) is 0 Å². The highest BCUT2D eigenvalue weighted by molar-refractivity contribution is 7.17. The lowest BCUT2D eigenvalue weighted by Gasteiger charge is -2.03. The van der Waals surface area contributed by atoms with Crippen LogP contribution < -0.4 is 5.32 Å². The van der Waals surface area contributed by atoms with E-state index in [1.165, 1.54) is 11.3 Å². The van der Waals surface area contributed by atoms with Crippen LogP contribution in [0.2, 0.25) is 0 Å². The van der Waals surface area contributed by atoms with Gasteiger partial charge in [-0.2, -0.15) is 0 Å². The van der Waals surface area contributed by atoms with Gasteiger partial charge in [0.05, 0.1) is 5.69 Å². The van der Waals surface area contributed by atoms with Crippen LogP contribution in [0.25, 0.3) is 10.6 Å². The number of nitrogens with one attached hydrogen (secondary N) is 1. The van der Waals surface area contributed by atoms with Crippen molar-refractivity contribution in [3.63, 3.8) is 0 Å². The quantitative estimate of drug-likeness (QED) is 0.705. The van der Waals surface area contributed by atoms with Crippen LogP contribution in [0.5, 0.6) is 0 Å². The first-order valence-corrected chi connectivity index (χ1v) is 8.27. The van der Waals surface area contributed by atoms with Crippen LogP contribution in [0.1, 0.15) is 21.1 Å². The summed E-state index contributed by atoms with van der Waals surface area (Å²) in [7, 11) is 0. The molecule has 0 saturated heterocycles. The van der Waals surface area contributed by atoms with E-state index in [1.807, 2.05) is 30.3 Å². The van der Waals surface area contributed by atoms with Gasteiger partial charge in [0, 0.05) is 11.6 Å². The van der Waals surface area contributed by atoms with Crippen molar-refractivity contribution < 1.29 is 18.8 Å². The highest BCUT2D eigenvalue weighted by Crippen LogP contribution is 2.28. The zero-order chi connectivity index (χ0) is 17.8. The molecule has 3 rings (SSSR count). The third-order valence-electron chi connectivity index (χ3n) is 3.23. The number of carbonyl (C=O) groups is 2. The molecule has 25 heavy (non-hydrogen) atoms. The van der Waals surface area contributed by atoms with Crippen LogP contribution in [0.3, 0.4) is 0 Å². The summed E-state index contributed by atoms with van der Waals surface area (Å²) >= 11 is 1.23. The molecule has 0 aliphatic carbocycles. The molecule has 0 aliphatic rings. The van der Waals surface area contributed by atoms with Gasteiger partial charge < -0.3 is 14.6 Å². The number of benzene rings is 1. The minimum Gasteiger partial charge on any atom is -0.451 e. The number of anilines is 1. The molecule has 1 amide bonds. The van der Waals surface area contributed by atoms with E-state index in [0.717, 1.165) is 10.6 Å². The Morgan fingerprint density at radius 2 is 2.00 bits per heavy atom. The number of hydrogen-bond donors (Lipinski definition) is 1. The Balaban J connectivity index is 1.61. The maximum Gasteiger partial charge on any atom is 0.350 e. The molecular weight excluding hydrogens is 342 g/mol. The monoisotopic (exact) mass is 357 g/mol. The van der Waals surface area contributed by atoms with Crippen molar-refractivity contribution >= 4 is 29.0 Å². The second-order valence-corrected chi connectivity index (χ2v) is 6.25. The minimum absolute atomic E-state index is 0.277. The van der Waals surface area contributed by atoms with Crippen molar-refractivity contribution in [1.29, 1.82) is 0 Å². The molecule has 0 bridgehead atoms. The molecule has 2 aromatic heterocycles. The molecule has 0 unspecified atom stereocenters. The second-order valence-electron chi connectivity index (χ2n) is 5.25. The van der Waals surface area contributed by atoms with Gasteiger partial charge in [0.1, 0.15) is 15.6 Å². The van der Waals surface area contributed by atoms with Gasteiger partial charge in [-0.3, -0.25) is 4.79 Å². The number of esters is 1. The number of rotatable bonds is 5. The van der Waals surface area contributed by atoms with E-state index in [4.69, 9.17) is 9.26 Å². The SMILES string of the molecule is Cc1cc(NC(=O)COC(=O)c2sc(-c3ccccc3)nc2C)no1. The fourth-order valence-electron chi connectivity index (χ4n) is 2.09. The number of hydrogen-bond acceptors (Lipinski definition) is 7. The molecule has 7 nitrogen and oxygen atoms in total. The molecule has 0 radical (unpaired) electrons. The maximum atomic E-state index is 12.2. The summed E-state index contributed by atoms with van der Waals surface area (Å²) in [4.78, 5) is 28.8.